The molecule has 5 heteroatoms. The summed E-state index contributed by atoms with van der Waals surface area (Å²) in [5.41, 5.74) is 0.298. The van der Waals surface area contributed by atoms with Gasteiger partial charge in [0.2, 0.25) is 0 Å². The van der Waals surface area contributed by atoms with Crippen molar-refractivity contribution in [2.24, 2.45) is 5.92 Å². The number of rotatable bonds is 6. The molecule has 0 saturated carbocycles. The van der Waals surface area contributed by atoms with Crippen LogP contribution in [0, 0.1) is 5.92 Å². The molecule has 0 aliphatic rings. The summed E-state index contributed by atoms with van der Waals surface area (Å²) in [7, 11) is 1.85. The minimum Gasteiger partial charge on any atom is -0.444 e. The molecule has 0 aromatic carbocycles. The molecule has 1 amide bonds. The van der Waals surface area contributed by atoms with E-state index in [0.29, 0.717) is 6.42 Å². The molecular formula is C15H28BNO3. The lowest BCUT2D eigenvalue weighted by molar-refractivity contribution is 0.0503. The quantitative estimate of drug-likeness (QED) is 0.578. The predicted octanol–water partition coefficient (Wildman–Crippen LogP) is 1.99. The van der Waals surface area contributed by atoms with Crippen LogP contribution < -0.4 is 5.32 Å². The average Bonchev–Trinajstić information content (AvgIpc) is 2.25. The van der Waals surface area contributed by atoms with Crippen LogP contribution in [0.1, 0.15) is 41.0 Å². The molecule has 114 valence electrons. The summed E-state index contributed by atoms with van der Waals surface area (Å²) in [6.07, 6.45) is 3.04. The minimum absolute atomic E-state index is 0.177. The van der Waals surface area contributed by atoms with Gasteiger partial charge < -0.3 is 15.2 Å². The Morgan fingerprint density at radius 3 is 2.40 bits per heavy atom. The molecule has 0 aromatic rings. The van der Waals surface area contributed by atoms with Crippen LogP contribution in [0.4, 0.5) is 4.79 Å². The van der Waals surface area contributed by atoms with E-state index in [1.165, 1.54) is 0 Å². The molecule has 2 unspecified atom stereocenters. The number of hydrogen-bond acceptors (Lipinski definition) is 3. The van der Waals surface area contributed by atoms with E-state index in [4.69, 9.17) is 4.74 Å². The third kappa shape index (κ3) is 8.05. The maximum absolute atomic E-state index is 11.8. The topological polar surface area (TPSA) is 58.6 Å². The number of carbonyl (C=O) groups excluding carboxylic acids is 1. The van der Waals surface area contributed by atoms with E-state index in [1.54, 1.807) is 6.08 Å². The zero-order valence-electron chi connectivity index (χ0n) is 13.6. The lowest BCUT2D eigenvalue weighted by atomic mass is 9.85. The molecule has 0 aliphatic carbocycles. The number of carbonyl (C=O) groups is 1. The number of amides is 1. The van der Waals surface area contributed by atoms with Crippen LogP contribution in [0.15, 0.2) is 24.2 Å². The Morgan fingerprint density at radius 1 is 1.45 bits per heavy atom. The van der Waals surface area contributed by atoms with Gasteiger partial charge in [0.15, 0.2) is 0 Å². The zero-order chi connectivity index (χ0) is 15.9. The highest BCUT2D eigenvalue weighted by atomic mass is 16.6. The van der Waals surface area contributed by atoms with Gasteiger partial charge in [0.1, 0.15) is 13.4 Å². The van der Waals surface area contributed by atoms with Crippen LogP contribution in [0.2, 0.25) is 0 Å². The summed E-state index contributed by atoms with van der Waals surface area (Å²) in [5.74, 6) is 0.202. The molecule has 2 atom stereocenters. The van der Waals surface area contributed by atoms with Gasteiger partial charge in [0.05, 0.1) is 12.1 Å². The van der Waals surface area contributed by atoms with E-state index >= 15 is 0 Å². The molecule has 0 saturated heterocycles. The van der Waals surface area contributed by atoms with Crippen LogP contribution >= 0.6 is 0 Å². The van der Waals surface area contributed by atoms with E-state index in [9.17, 15) is 9.90 Å². The molecule has 20 heavy (non-hydrogen) atoms. The van der Waals surface area contributed by atoms with Gasteiger partial charge in [-0.15, -0.1) is 6.58 Å². The third-order valence-corrected chi connectivity index (χ3v) is 2.76. The molecule has 0 aliphatic heterocycles. The van der Waals surface area contributed by atoms with Crippen LogP contribution in [0.3, 0.4) is 0 Å². The monoisotopic (exact) mass is 281 g/mol. The molecular weight excluding hydrogens is 253 g/mol. The SMILES string of the molecule is B/C(=C\C(NC(=O)OC(C)(C)C)C(C)C)C(O)CC=C. The molecule has 0 spiro atoms. The van der Waals surface area contributed by atoms with Gasteiger partial charge in [-0.2, -0.15) is 0 Å². The highest BCUT2D eigenvalue weighted by Gasteiger charge is 2.20. The third-order valence-electron chi connectivity index (χ3n) is 2.76. The average molecular weight is 281 g/mol. The van der Waals surface area contributed by atoms with Gasteiger partial charge >= 0.3 is 6.09 Å². The Bertz CT molecular complexity index is 359. The van der Waals surface area contributed by atoms with Gasteiger partial charge in [-0.05, 0) is 33.1 Å². The van der Waals surface area contributed by atoms with Crippen LogP contribution in [-0.4, -0.2) is 36.8 Å². The summed E-state index contributed by atoms with van der Waals surface area (Å²) in [6, 6.07) is -0.177. The predicted molar refractivity (Wildman–Crippen MR) is 85.4 cm³/mol. The van der Waals surface area contributed by atoms with Crippen LogP contribution in [-0.2, 0) is 4.74 Å². The number of aliphatic hydroxyl groups excluding tert-OH is 1. The first-order valence-electron chi connectivity index (χ1n) is 7.03. The Balaban J connectivity index is 4.78. The van der Waals surface area contributed by atoms with Gasteiger partial charge in [0, 0.05) is 0 Å². The van der Waals surface area contributed by atoms with E-state index in [-0.39, 0.29) is 12.0 Å². The van der Waals surface area contributed by atoms with Crippen molar-refractivity contribution in [3.8, 4) is 0 Å². The Kier molecular flexibility index (Phi) is 7.65. The summed E-state index contributed by atoms with van der Waals surface area (Å²) in [6.45, 7) is 13.1. The second-order valence-corrected chi connectivity index (χ2v) is 6.37. The Hall–Kier alpha value is -1.23. The molecule has 0 fully saturated rings. The highest BCUT2D eigenvalue weighted by molar-refractivity contribution is 6.22. The lowest BCUT2D eigenvalue weighted by Gasteiger charge is -2.25. The smallest absolute Gasteiger partial charge is 0.408 e. The normalized spacial score (nSPS) is 15.7. The Labute approximate surface area is 123 Å². The van der Waals surface area contributed by atoms with E-state index in [2.05, 4.69) is 11.9 Å². The fraction of sp³-hybridized carbons (Fsp3) is 0.667. The first-order valence-corrected chi connectivity index (χ1v) is 7.03. The first kappa shape index (κ1) is 18.8. The number of alkyl carbamates (subject to hydrolysis) is 1. The fourth-order valence-corrected chi connectivity index (χ4v) is 1.58. The van der Waals surface area contributed by atoms with Crippen molar-refractivity contribution in [1.82, 2.24) is 5.32 Å². The standard InChI is InChI=1S/C15H28BNO3/c1-7-8-13(18)11(16)9-12(10(2)3)17-14(19)20-15(4,5)6/h7,9-10,12-13,18H,1,8,16H2,2-6H3,(H,17,19)/b11-9-. The van der Waals surface area contributed by atoms with Crippen molar-refractivity contribution in [1.29, 1.82) is 0 Å². The number of hydrogen-bond donors (Lipinski definition) is 2. The maximum Gasteiger partial charge on any atom is 0.408 e. The molecule has 0 heterocycles. The summed E-state index contributed by atoms with van der Waals surface area (Å²) in [4.78, 5) is 11.8. The highest BCUT2D eigenvalue weighted by Crippen LogP contribution is 2.12. The molecule has 0 bridgehead atoms. The summed E-state index contributed by atoms with van der Waals surface area (Å²) < 4.78 is 5.25. The zero-order valence-corrected chi connectivity index (χ0v) is 13.6. The van der Waals surface area contributed by atoms with E-state index < -0.39 is 17.8 Å². The van der Waals surface area contributed by atoms with Crippen molar-refractivity contribution in [3.05, 3.63) is 24.2 Å². The van der Waals surface area contributed by atoms with Crippen molar-refractivity contribution in [3.63, 3.8) is 0 Å². The van der Waals surface area contributed by atoms with Crippen LogP contribution in [0.25, 0.3) is 0 Å². The van der Waals surface area contributed by atoms with E-state index in [1.807, 2.05) is 48.5 Å². The van der Waals surface area contributed by atoms with E-state index in [0.717, 1.165) is 5.47 Å². The summed E-state index contributed by atoms with van der Waals surface area (Å²) in [5, 5.41) is 12.7. The van der Waals surface area contributed by atoms with Gasteiger partial charge in [0.25, 0.3) is 0 Å². The number of ether oxygens (including phenoxy) is 1. The molecule has 0 radical (unpaired) electrons. The van der Waals surface area contributed by atoms with Crippen molar-refractivity contribution < 1.29 is 14.6 Å². The second-order valence-electron chi connectivity index (χ2n) is 6.37. The number of aliphatic hydroxyl groups is 1. The van der Waals surface area contributed by atoms with Gasteiger partial charge in [-0.1, -0.05) is 31.5 Å². The Morgan fingerprint density at radius 2 is 2.00 bits per heavy atom. The largest absolute Gasteiger partial charge is 0.444 e. The molecule has 4 nitrogen and oxygen atoms in total. The maximum atomic E-state index is 11.8. The molecule has 0 aromatic heterocycles. The van der Waals surface area contributed by atoms with Gasteiger partial charge in [-0.25, -0.2) is 4.79 Å². The first-order chi connectivity index (χ1) is 9.06. The minimum atomic E-state index is -0.561. The fourth-order valence-electron chi connectivity index (χ4n) is 1.58. The lowest BCUT2D eigenvalue weighted by Crippen LogP contribution is -2.41. The van der Waals surface area contributed by atoms with Crippen molar-refractivity contribution in [2.45, 2.75) is 58.8 Å². The molecule has 0 rings (SSSR count). The summed E-state index contributed by atoms with van der Waals surface area (Å²) >= 11 is 0. The van der Waals surface area contributed by atoms with Gasteiger partial charge in [-0.3, -0.25) is 0 Å². The second kappa shape index (κ2) is 8.15. The van der Waals surface area contributed by atoms with Crippen LogP contribution in [0.5, 0.6) is 0 Å². The number of nitrogens with one attached hydrogen (secondary N) is 1. The molecule has 2 N–H and O–H groups in total. The van der Waals surface area contributed by atoms with Crippen molar-refractivity contribution in [2.75, 3.05) is 0 Å². The van der Waals surface area contributed by atoms with Crippen molar-refractivity contribution >= 4 is 13.9 Å².